The summed E-state index contributed by atoms with van der Waals surface area (Å²) < 4.78 is 20.2. The molecule has 0 saturated carbocycles. The van der Waals surface area contributed by atoms with Gasteiger partial charge in [-0.1, -0.05) is 81.0 Å². The molecule has 0 fully saturated rings. The third kappa shape index (κ3) is 7.21. The van der Waals surface area contributed by atoms with E-state index in [-0.39, 0.29) is 18.8 Å². The number of hydrogen-bond donors (Lipinski definition) is 0. The van der Waals surface area contributed by atoms with E-state index in [4.69, 9.17) is 19.2 Å². The number of rotatable bonds is 11. The van der Waals surface area contributed by atoms with Crippen molar-refractivity contribution in [1.82, 2.24) is 4.57 Å². The largest absolute Gasteiger partial charge is 0.493 e. The number of fused-ring (bicyclic) bond motifs is 1. The molecular weight excluding hydrogens is 725 g/mol. The first-order valence-corrected chi connectivity index (χ1v) is 17.4. The molecule has 4 aromatic rings. The number of carbonyl (C=O) groups is 1. The number of allylic oxidation sites excluding steroid dienone is 1. The van der Waals surface area contributed by atoms with E-state index >= 15 is 0 Å². The highest BCUT2D eigenvalue weighted by atomic mass is 127. The van der Waals surface area contributed by atoms with Crippen LogP contribution in [-0.2, 0) is 16.1 Å². The Balaban J connectivity index is 1.61. The van der Waals surface area contributed by atoms with Gasteiger partial charge in [-0.25, -0.2) is 9.79 Å². The number of carbonyl (C=O) groups excluding carboxylic acids is 1. The summed E-state index contributed by atoms with van der Waals surface area (Å²) in [5.74, 6) is 0.932. The van der Waals surface area contributed by atoms with Gasteiger partial charge in [0, 0.05) is 5.56 Å². The highest BCUT2D eigenvalue weighted by molar-refractivity contribution is 14.1. The highest BCUT2D eigenvalue weighted by Gasteiger charge is 2.34. The third-order valence-corrected chi connectivity index (χ3v) is 9.65. The molecule has 0 saturated heterocycles. The molecule has 2 heterocycles. The lowest BCUT2D eigenvalue weighted by Crippen LogP contribution is -2.40. The van der Waals surface area contributed by atoms with Gasteiger partial charge in [0.25, 0.3) is 5.56 Å². The van der Waals surface area contributed by atoms with Crippen LogP contribution in [0.3, 0.4) is 0 Å². The van der Waals surface area contributed by atoms with Gasteiger partial charge >= 0.3 is 5.97 Å². The summed E-state index contributed by atoms with van der Waals surface area (Å²) in [6, 6.07) is 20.7. The van der Waals surface area contributed by atoms with E-state index in [2.05, 4.69) is 54.6 Å². The van der Waals surface area contributed by atoms with Crippen LogP contribution in [0.25, 0.3) is 6.08 Å². The second-order valence-corrected chi connectivity index (χ2v) is 13.5. The van der Waals surface area contributed by atoms with Crippen LogP contribution in [-0.4, -0.2) is 24.3 Å². The number of nitrogens with zero attached hydrogens (tertiary/aromatic N) is 3. The fraction of sp³-hybridized carbons (Fsp3) is 0.297. The van der Waals surface area contributed by atoms with Crippen molar-refractivity contribution < 1.29 is 19.0 Å². The molecular formula is C37H36IN3O5S. The summed E-state index contributed by atoms with van der Waals surface area (Å²) in [5, 5.41) is 9.46. The van der Waals surface area contributed by atoms with Crippen molar-refractivity contribution in [3.05, 3.63) is 123 Å². The van der Waals surface area contributed by atoms with Crippen molar-refractivity contribution in [2.24, 2.45) is 4.99 Å². The van der Waals surface area contributed by atoms with Gasteiger partial charge in [0.2, 0.25) is 0 Å². The van der Waals surface area contributed by atoms with E-state index < -0.39 is 12.0 Å². The van der Waals surface area contributed by atoms with E-state index in [9.17, 15) is 14.9 Å². The molecule has 1 aliphatic rings. The van der Waals surface area contributed by atoms with Crippen molar-refractivity contribution in [2.75, 3.05) is 13.7 Å². The molecule has 1 aliphatic heterocycles. The zero-order valence-corrected chi connectivity index (χ0v) is 30.0. The van der Waals surface area contributed by atoms with Crippen molar-refractivity contribution >= 4 is 46.0 Å². The maximum Gasteiger partial charge on any atom is 0.338 e. The number of hydrogen-bond acceptors (Lipinski definition) is 8. The summed E-state index contributed by atoms with van der Waals surface area (Å²) in [6.45, 7) is 8.49. The summed E-state index contributed by atoms with van der Waals surface area (Å²) in [7, 11) is 1.57. The second-order valence-electron chi connectivity index (χ2n) is 11.3. The first-order valence-electron chi connectivity index (χ1n) is 15.5. The molecule has 0 amide bonds. The normalized spacial score (nSPS) is 14.4. The molecule has 0 unspecified atom stereocenters. The van der Waals surface area contributed by atoms with Gasteiger partial charge in [0.05, 0.1) is 50.8 Å². The Hall–Kier alpha value is -4.21. The van der Waals surface area contributed by atoms with Crippen LogP contribution in [0.2, 0.25) is 0 Å². The predicted octanol–water partition coefficient (Wildman–Crippen LogP) is 6.77. The summed E-state index contributed by atoms with van der Waals surface area (Å²) >= 11 is 3.48. The topological polar surface area (TPSA) is 103 Å². The molecule has 1 atom stereocenters. The number of aromatic nitrogens is 1. The van der Waals surface area contributed by atoms with Gasteiger partial charge in [0.15, 0.2) is 16.3 Å². The van der Waals surface area contributed by atoms with E-state index in [1.54, 1.807) is 24.7 Å². The van der Waals surface area contributed by atoms with Gasteiger partial charge < -0.3 is 14.2 Å². The van der Waals surface area contributed by atoms with E-state index in [1.165, 1.54) is 16.9 Å². The van der Waals surface area contributed by atoms with E-state index in [0.29, 0.717) is 50.0 Å². The van der Waals surface area contributed by atoms with Gasteiger partial charge in [-0.2, -0.15) is 5.26 Å². The molecule has 47 heavy (non-hydrogen) atoms. The summed E-state index contributed by atoms with van der Waals surface area (Å²) in [4.78, 5) is 33.1. The Morgan fingerprint density at radius 3 is 2.55 bits per heavy atom. The van der Waals surface area contributed by atoms with E-state index in [0.717, 1.165) is 26.7 Å². The zero-order valence-electron chi connectivity index (χ0n) is 27.0. The minimum absolute atomic E-state index is 0.203. The van der Waals surface area contributed by atoms with Crippen LogP contribution in [0.5, 0.6) is 11.5 Å². The Bertz CT molecular complexity index is 2060. The maximum atomic E-state index is 14.2. The number of benzene rings is 3. The lowest BCUT2D eigenvalue weighted by atomic mass is 9.92. The SMILES string of the molecule is CCCC1=C(C(=O)OCC)[C@@H](c2ccc(C(C)C)cc2)n2c(s/c(=C\c3cc(I)c(OCc4ccccc4C#N)c(OC)c3)c2=O)=N1. The van der Waals surface area contributed by atoms with E-state index in [1.807, 2.05) is 55.5 Å². The molecule has 1 aromatic heterocycles. The van der Waals surface area contributed by atoms with Crippen molar-refractivity contribution in [2.45, 2.75) is 59.1 Å². The molecule has 8 nitrogen and oxygen atoms in total. The smallest absolute Gasteiger partial charge is 0.338 e. The quantitative estimate of drug-likeness (QED) is 0.124. The molecule has 0 N–H and O–H groups in total. The molecule has 0 spiro atoms. The average molecular weight is 762 g/mol. The molecule has 10 heteroatoms. The minimum Gasteiger partial charge on any atom is -0.493 e. The summed E-state index contributed by atoms with van der Waals surface area (Å²) in [5.41, 5.74) is 4.87. The number of thiazole rings is 1. The Morgan fingerprint density at radius 1 is 1.15 bits per heavy atom. The Kier molecular flexibility index (Phi) is 11.0. The van der Waals surface area contributed by atoms with Crippen LogP contribution in [0.4, 0.5) is 0 Å². The van der Waals surface area contributed by atoms with Gasteiger partial charge in [-0.05, 0) is 82.8 Å². The predicted molar refractivity (Wildman–Crippen MR) is 191 cm³/mol. The molecule has 5 rings (SSSR count). The first kappa shape index (κ1) is 34.1. The molecule has 3 aromatic carbocycles. The van der Waals surface area contributed by atoms with Gasteiger partial charge in [-0.15, -0.1) is 0 Å². The van der Waals surface area contributed by atoms with Crippen LogP contribution >= 0.6 is 33.9 Å². The van der Waals surface area contributed by atoms with Crippen LogP contribution in [0.1, 0.15) is 80.3 Å². The number of ether oxygens (including phenoxy) is 3. The second kappa shape index (κ2) is 15.1. The van der Waals surface area contributed by atoms with Crippen LogP contribution < -0.4 is 24.4 Å². The molecule has 0 aliphatic carbocycles. The monoisotopic (exact) mass is 761 g/mol. The van der Waals surface area contributed by atoms with Gasteiger partial charge in [-0.3, -0.25) is 9.36 Å². The number of methoxy groups -OCH3 is 1. The molecule has 242 valence electrons. The standard InChI is InChI=1S/C37H36IN3O5S/c1-6-10-29-32(36(43)45-7-2)33(25-15-13-24(14-16-25)22(3)4)41-35(42)31(47-37(41)40-29)19-23-17-28(38)34(30(18-23)44-5)46-21-27-12-9-8-11-26(27)20-39/h8-9,11-19,22,33H,6-7,10,21H2,1-5H3/b31-19-/t33-/m1/s1. The Labute approximate surface area is 291 Å². The van der Waals surface area contributed by atoms with Crippen molar-refractivity contribution in [3.8, 4) is 17.6 Å². The lowest BCUT2D eigenvalue weighted by molar-refractivity contribution is -0.139. The Morgan fingerprint density at radius 2 is 1.89 bits per heavy atom. The first-order chi connectivity index (χ1) is 22.7. The van der Waals surface area contributed by atoms with Crippen molar-refractivity contribution in [3.63, 3.8) is 0 Å². The third-order valence-electron chi connectivity index (χ3n) is 7.87. The average Bonchev–Trinajstić information content (AvgIpc) is 3.37. The number of nitriles is 1. The lowest BCUT2D eigenvalue weighted by Gasteiger charge is -2.26. The number of esters is 1. The fourth-order valence-electron chi connectivity index (χ4n) is 5.52. The minimum atomic E-state index is -0.669. The molecule has 0 bridgehead atoms. The highest BCUT2D eigenvalue weighted by Crippen LogP contribution is 2.36. The number of halogens is 1. The fourth-order valence-corrected chi connectivity index (χ4v) is 7.32. The van der Waals surface area contributed by atoms with Crippen LogP contribution in [0.15, 0.2) is 81.7 Å². The van der Waals surface area contributed by atoms with Crippen LogP contribution in [0, 0.1) is 14.9 Å². The summed E-state index contributed by atoms with van der Waals surface area (Å²) in [6.07, 6.45) is 3.18. The van der Waals surface area contributed by atoms with Gasteiger partial charge in [0.1, 0.15) is 6.61 Å². The zero-order chi connectivity index (χ0) is 33.7. The van der Waals surface area contributed by atoms with Crippen molar-refractivity contribution in [1.29, 1.82) is 5.26 Å². The molecule has 0 radical (unpaired) electrons. The maximum absolute atomic E-state index is 14.2.